The molecule has 9 nitrogen and oxygen atoms in total. The van der Waals surface area contributed by atoms with E-state index in [0.29, 0.717) is 13.1 Å². The molecule has 2 atom stereocenters. The van der Waals surface area contributed by atoms with Gasteiger partial charge in [-0.05, 0) is 25.9 Å². The predicted octanol–water partition coefficient (Wildman–Crippen LogP) is -2.56. The first-order valence-electron chi connectivity index (χ1n) is 6.92. The van der Waals surface area contributed by atoms with Gasteiger partial charge in [0.1, 0.15) is 6.54 Å². The summed E-state index contributed by atoms with van der Waals surface area (Å²) in [6, 6.07) is -0.491. The Morgan fingerprint density at radius 2 is 2.05 bits per heavy atom. The van der Waals surface area contributed by atoms with Crippen molar-refractivity contribution in [3.8, 4) is 0 Å². The quantitative estimate of drug-likeness (QED) is 0.170. The van der Waals surface area contributed by atoms with Gasteiger partial charge in [-0.3, -0.25) is 15.0 Å². The van der Waals surface area contributed by atoms with Crippen molar-refractivity contribution in [3.63, 3.8) is 0 Å². The fourth-order valence-electron chi connectivity index (χ4n) is 1.75. The van der Waals surface area contributed by atoms with Gasteiger partial charge in [0, 0.05) is 26.1 Å². The molecule has 0 fully saturated rings. The summed E-state index contributed by atoms with van der Waals surface area (Å²) in [4.78, 5) is 22.0. The van der Waals surface area contributed by atoms with Crippen molar-refractivity contribution >= 4 is 11.9 Å². The van der Waals surface area contributed by atoms with Crippen LogP contribution in [-0.4, -0.2) is 72.5 Å². The van der Waals surface area contributed by atoms with E-state index < -0.39 is 18.1 Å². The van der Waals surface area contributed by atoms with E-state index in [1.54, 1.807) is 0 Å². The lowest BCUT2D eigenvalue weighted by Gasteiger charge is -2.19. The lowest BCUT2D eigenvalue weighted by Crippen LogP contribution is -2.44. The number of carboxylic acid groups (broad SMARTS) is 1. The van der Waals surface area contributed by atoms with Crippen LogP contribution < -0.4 is 22.2 Å². The second-order valence-electron chi connectivity index (χ2n) is 4.98. The maximum Gasteiger partial charge on any atom is 0.319 e. The van der Waals surface area contributed by atoms with E-state index in [1.165, 1.54) is 12.1 Å². The van der Waals surface area contributed by atoms with E-state index in [2.05, 4.69) is 10.7 Å². The standard InChI is InChI=1S/C12H27N5O4/c1-17(8-12(20)21)16-11(19)6-9(14)5-10(18)7-15-4-2-3-13/h9-10,15,18H,2-8,13-14H2,1H3,(H,16,19)(H,20,21)/t9-,10+/m0/s1. The molecule has 0 saturated heterocycles. The number of rotatable bonds is 12. The van der Waals surface area contributed by atoms with E-state index in [0.717, 1.165) is 13.0 Å². The highest BCUT2D eigenvalue weighted by atomic mass is 16.4. The minimum atomic E-state index is -1.04. The van der Waals surface area contributed by atoms with Gasteiger partial charge in [-0.2, -0.15) is 0 Å². The van der Waals surface area contributed by atoms with E-state index in [4.69, 9.17) is 16.6 Å². The average Bonchev–Trinajstić information content (AvgIpc) is 2.32. The first-order chi connectivity index (χ1) is 9.85. The number of likely N-dealkylation sites (N-methyl/N-ethyl adjacent to an activating group) is 1. The molecule has 0 saturated carbocycles. The monoisotopic (exact) mass is 305 g/mol. The van der Waals surface area contributed by atoms with E-state index in [1.807, 2.05) is 0 Å². The van der Waals surface area contributed by atoms with Gasteiger partial charge in [-0.25, -0.2) is 5.01 Å². The number of carbonyl (C=O) groups is 2. The van der Waals surface area contributed by atoms with Crippen LogP contribution in [0.1, 0.15) is 19.3 Å². The van der Waals surface area contributed by atoms with Gasteiger partial charge < -0.3 is 27.0 Å². The molecular weight excluding hydrogens is 278 g/mol. The number of nitrogens with zero attached hydrogens (tertiary/aromatic N) is 1. The molecule has 1 amide bonds. The first-order valence-corrected chi connectivity index (χ1v) is 6.92. The van der Waals surface area contributed by atoms with Crippen molar-refractivity contribution in [2.45, 2.75) is 31.4 Å². The van der Waals surface area contributed by atoms with Crippen LogP contribution in [-0.2, 0) is 9.59 Å². The van der Waals surface area contributed by atoms with Gasteiger partial charge in [0.15, 0.2) is 0 Å². The fourth-order valence-corrected chi connectivity index (χ4v) is 1.75. The van der Waals surface area contributed by atoms with Gasteiger partial charge in [0.2, 0.25) is 5.91 Å². The van der Waals surface area contributed by atoms with Crippen molar-refractivity contribution in [3.05, 3.63) is 0 Å². The Labute approximate surface area is 124 Å². The lowest BCUT2D eigenvalue weighted by molar-refractivity contribution is -0.139. The van der Waals surface area contributed by atoms with Gasteiger partial charge >= 0.3 is 5.97 Å². The minimum Gasteiger partial charge on any atom is -0.480 e. The van der Waals surface area contributed by atoms with E-state index in [-0.39, 0.29) is 25.3 Å². The number of hydrazine groups is 1. The molecule has 0 spiro atoms. The van der Waals surface area contributed by atoms with E-state index >= 15 is 0 Å². The van der Waals surface area contributed by atoms with Crippen LogP contribution >= 0.6 is 0 Å². The summed E-state index contributed by atoms with van der Waals surface area (Å²) < 4.78 is 0. The van der Waals surface area contributed by atoms with Crippen LogP contribution in [0.5, 0.6) is 0 Å². The molecular formula is C12H27N5O4. The normalized spacial score (nSPS) is 14.0. The summed E-state index contributed by atoms with van der Waals surface area (Å²) in [5.74, 6) is -1.42. The maximum absolute atomic E-state index is 11.6. The number of carbonyl (C=O) groups excluding carboxylic acids is 1. The number of nitrogens with one attached hydrogen (secondary N) is 2. The number of nitrogens with two attached hydrogens (primary N) is 2. The molecule has 21 heavy (non-hydrogen) atoms. The van der Waals surface area contributed by atoms with Crippen LogP contribution in [0, 0.1) is 0 Å². The van der Waals surface area contributed by atoms with E-state index in [9.17, 15) is 14.7 Å². The van der Waals surface area contributed by atoms with Crippen molar-refractivity contribution in [1.29, 1.82) is 0 Å². The second kappa shape index (κ2) is 11.4. The van der Waals surface area contributed by atoms with Crippen molar-refractivity contribution < 1.29 is 19.8 Å². The van der Waals surface area contributed by atoms with Crippen LogP contribution in [0.15, 0.2) is 0 Å². The SMILES string of the molecule is CN(CC(=O)O)NC(=O)C[C@@H](N)C[C@@H](O)CNCCCN. The smallest absolute Gasteiger partial charge is 0.319 e. The molecule has 124 valence electrons. The number of amides is 1. The summed E-state index contributed by atoms with van der Waals surface area (Å²) in [5, 5.41) is 22.5. The molecule has 0 radical (unpaired) electrons. The summed E-state index contributed by atoms with van der Waals surface area (Å²) in [6.45, 7) is 1.42. The molecule has 0 aromatic heterocycles. The number of carboxylic acids is 1. The molecule has 0 aliphatic heterocycles. The average molecular weight is 305 g/mol. The van der Waals surface area contributed by atoms with Gasteiger partial charge in [0.25, 0.3) is 0 Å². The van der Waals surface area contributed by atoms with Gasteiger partial charge in [-0.15, -0.1) is 0 Å². The number of aliphatic hydroxyl groups is 1. The van der Waals surface area contributed by atoms with Crippen molar-refractivity contribution in [1.82, 2.24) is 15.8 Å². The van der Waals surface area contributed by atoms with Gasteiger partial charge in [-0.1, -0.05) is 0 Å². The second-order valence-corrected chi connectivity index (χ2v) is 4.98. The van der Waals surface area contributed by atoms with Gasteiger partial charge in [0.05, 0.1) is 6.10 Å². The third kappa shape index (κ3) is 12.2. The summed E-state index contributed by atoms with van der Waals surface area (Å²) in [7, 11) is 1.45. The molecule has 0 heterocycles. The number of aliphatic carboxylic acids is 1. The zero-order valence-corrected chi connectivity index (χ0v) is 12.4. The maximum atomic E-state index is 11.6. The summed E-state index contributed by atoms with van der Waals surface area (Å²) in [6.07, 6.45) is 0.495. The molecule has 8 N–H and O–H groups in total. The summed E-state index contributed by atoms with van der Waals surface area (Å²) in [5.41, 5.74) is 13.5. The van der Waals surface area contributed by atoms with Crippen molar-refractivity contribution in [2.75, 3.05) is 33.2 Å². The zero-order chi connectivity index (χ0) is 16.3. The third-order valence-electron chi connectivity index (χ3n) is 2.65. The summed E-state index contributed by atoms with van der Waals surface area (Å²) >= 11 is 0. The Bertz CT molecular complexity index is 316. The van der Waals surface area contributed by atoms with Crippen molar-refractivity contribution in [2.24, 2.45) is 11.5 Å². The highest BCUT2D eigenvalue weighted by Crippen LogP contribution is 2.00. The third-order valence-corrected chi connectivity index (χ3v) is 2.65. The highest BCUT2D eigenvalue weighted by Gasteiger charge is 2.15. The lowest BCUT2D eigenvalue weighted by atomic mass is 10.1. The Morgan fingerprint density at radius 1 is 1.38 bits per heavy atom. The van der Waals surface area contributed by atoms with Crippen LogP contribution in [0.4, 0.5) is 0 Å². The largest absolute Gasteiger partial charge is 0.480 e. The highest BCUT2D eigenvalue weighted by molar-refractivity contribution is 5.76. The van der Waals surface area contributed by atoms with Crippen LogP contribution in [0.2, 0.25) is 0 Å². The molecule has 0 aromatic carbocycles. The predicted molar refractivity (Wildman–Crippen MR) is 78.2 cm³/mol. The Balaban J connectivity index is 3.83. The van der Waals surface area contributed by atoms with Crippen LogP contribution in [0.3, 0.4) is 0 Å². The Morgan fingerprint density at radius 3 is 2.62 bits per heavy atom. The molecule has 0 aliphatic rings. The molecule has 9 heteroatoms. The Kier molecular flexibility index (Phi) is 10.7. The number of hydrogen-bond donors (Lipinski definition) is 6. The topological polar surface area (TPSA) is 154 Å². The zero-order valence-electron chi connectivity index (χ0n) is 12.4. The number of aliphatic hydroxyl groups excluding tert-OH is 1. The molecule has 0 aliphatic carbocycles. The number of hydrogen-bond acceptors (Lipinski definition) is 7. The molecule has 0 unspecified atom stereocenters. The molecule has 0 rings (SSSR count). The first kappa shape index (κ1) is 19.7. The minimum absolute atomic E-state index is 0.0177. The molecule has 0 aromatic rings. The van der Waals surface area contributed by atoms with Crippen LogP contribution in [0.25, 0.3) is 0 Å². The fraction of sp³-hybridized carbons (Fsp3) is 0.833. The Hall–Kier alpha value is -1.26. The molecule has 0 bridgehead atoms.